The highest BCUT2D eigenvalue weighted by Gasteiger charge is 2.40. The van der Waals surface area contributed by atoms with Crippen molar-refractivity contribution < 1.29 is 32.6 Å². The minimum atomic E-state index is -3.95. The van der Waals surface area contributed by atoms with Crippen LogP contribution >= 0.6 is 0 Å². The maximum atomic E-state index is 13.3. The van der Waals surface area contributed by atoms with Gasteiger partial charge in [0.1, 0.15) is 18.6 Å². The minimum Gasteiger partial charge on any atom is -0.480 e. The molecule has 10 heteroatoms. The Balaban J connectivity index is 1.92. The van der Waals surface area contributed by atoms with Crippen molar-refractivity contribution in [2.45, 2.75) is 36.7 Å². The molecule has 0 radical (unpaired) electrons. The monoisotopic (exact) mass is 474 g/mol. The summed E-state index contributed by atoms with van der Waals surface area (Å²) in [5.74, 6) is -3.24. The van der Waals surface area contributed by atoms with E-state index in [9.17, 15) is 27.9 Å². The van der Waals surface area contributed by atoms with E-state index in [0.29, 0.717) is 6.42 Å². The van der Waals surface area contributed by atoms with Gasteiger partial charge < -0.3 is 9.84 Å². The summed E-state index contributed by atoms with van der Waals surface area (Å²) in [4.78, 5) is 38.2. The highest BCUT2D eigenvalue weighted by Crippen LogP contribution is 2.30. The van der Waals surface area contributed by atoms with Crippen molar-refractivity contribution in [3.05, 3.63) is 60.2 Å². The van der Waals surface area contributed by atoms with E-state index in [0.717, 1.165) is 10.5 Å². The number of para-hydroxylation sites is 1. The number of carboxylic acid groups (broad SMARTS) is 1. The van der Waals surface area contributed by atoms with Crippen molar-refractivity contribution in [2.75, 3.05) is 23.8 Å². The van der Waals surface area contributed by atoms with E-state index in [1.165, 1.54) is 24.3 Å². The molecule has 1 unspecified atom stereocenters. The van der Waals surface area contributed by atoms with E-state index < -0.39 is 52.1 Å². The molecular formula is C23H26N2O7S. The summed E-state index contributed by atoms with van der Waals surface area (Å²) in [5.41, 5.74) is 0.972. The zero-order chi connectivity index (χ0) is 24.0. The van der Waals surface area contributed by atoms with Crippen LogP contribution in [0.2, 0.25) is 0 Å². The fraction of sp³-hybridized carbons (Fsp3) is 0.348. The highest BCUT2D eigenvalue weighted by molar-refractivity contribution is 7.91. The molecule has 176 valence electrons. The van der Waals surface area contributed by atoms with Gasteiger partial charge in [-0.25, -0.2) is 8.42 Å². The molecule has 9 nitrogen and oxygen atoms in total. The molecule has 2 atom stereocenters. The number of nitrogens with one attached hydrogen (secondary N) is 1. The number of carbonyl (C=O) groups excluding carboxylic acids is 2. The molecule has 1 heterocycles. The largest absolute Gasteiger partial charge is 0.480 e. The predicted octanol–water partition coefficient (Wildman–Crippen LogP) is 1.41. The van der Waals surface area contributed by atoms with Gasteiger partial charge in [-0.3, -0.25) is 24.6 Å². The van der Waals surface area contributed by atoms with Gasteiger partial charge >= 0.3 is 11.9 Å². The fourth-order valence-corrected chi connectivity index (χ4v) is 5.40. The Morgan fingerprint density at radius 2 is 1.82 bits per heavy atom. The minimum absolute atomic E-state index is 0.00571. The average Bonchev–Trinajstić information content (AvgIpc) is 2.86. The molecule has 1 amide bonds. The second-order valence-corrected chi connectivity index (χ2v) is 9.62. The molecule has 2 aromatic rings. The Morgan fingerprint density at radius 3 is 2.48 bits per heavy atom. The molecule has 3 rings (SSSR count). The van der Waals surface area contributed by atoms with Crippen LogP contribution in [-0.4, -0.2) is 62.4 Å². The van der Waals surface area contributed by atoms with Crippen molar-refractivity contribution in [1.82, 2.24) is 5.32 Å². The number of ether oxygens (including phenoxy) is 1. The summed E-state index contributed by atoms with van der Waals surface area (Å²) >= 11 is 0. The molecule has 0 fully saturated rings. The van der Waals surface area contributed by atoms with Gasteiger partial charge in [-0.05, 0) is 37.5 Å². The van der Waals surface area contributed by atoms with Crippen molar-refractivity contribution in [2.24, 2.45) is 0 Å². The van der Waals surface area contributed by atoms with Gasteiger partial charge in [-0.15, -0.1) is 0 Å². The number of carboxylic acids is 1. The first-order valence-electron chi connectivity index (χ1n) is 10.5. The maximum Gasteiger partial charge on any atom is 0.323 e. The van der Waals surface area contributed by atoms with E-state index >= 15 is 0 Å². The lowest BCUT2D eigenvalue weighted by Gasteiger charge is -2.26. The third kappa shape index (κ3) is 5.96. The number of fused-ring (bicyclic) bond motifs is 1. The molecule has 0 bridgehead atoms. The predicted molar refractivity (Wildman–Crippen MR) is 121 cm³/mol. The Morgan fingerprint density at radius 1 is 1.15 bits per heavy atom. The first-order valence-corrected chi connectivity index (χ1v) is 12.2. The summed E-state index contributed by atoms with van der Waals surface area (Å²) in [5, 5.41) is 12.2. The standard InChI is InChI=1S/C23H26N2O7S/c1-2-32-23(29)17(13-12-16-8-4-3-5-9-16)24-18-15-33(30,31)20-11-7-6-10-19(20)25(22(18)28)14-21(26)27/h3-11,17-18,24H,2,12-15H2,1H3,(H,26,27)/t17?,18-/m0/s1. The molecule has 0 saturated carbocycles. The number of esters is 1. The number of rotatable bonds is 9. The van der Waals surface area contributed by atoms with Gasteiger partial charge in [0.25, 0.3) is 0 Å². The van der Waals surface area contributed by atoms with Crippen LogP contribution in [0.25, 0.3) is 0 Å². The molecule has 1 aliphatic rings. The molecular weight excluding hydrogens is 448 g/mol. The lowest BCUT2D eigenvalue weighted by molar-refractivity contribution is -0.146. The topological polar surface area (TPSA) is 130 Å². The SMILES string of the molecule is CCOC(=O)C(CCc1ccccc1)N[C@H]1CS(=O)(=O)c2ccccc2N(CC(=O)O)C1=O. The maximum absolute atomic E-state index is 13.3. The Hall–Kier alpha value is -3.24. The van der Waals surface area contributed by atoms with Gasteiger partial charge in [-0.1, -0.05) is 42.5 Å². The first kappa shape index (κ1) is 24.4. The van der Waals surface area contributed by atoms with Crippen molar-refractivity contribution in [3.63, 3.8) is 0 Å². The Bertz CT molecular complexity index is 1120. The molecule has 2 aromatic carbocycles. The number of amides is 1. The lowest BCUT2D eigenvalue weighted by atomic mass is 10.0. The number of sulfone groups is 1. The number of aliphatic carboxylic acids is 1. The number of benzene rings is 2. The zero-order valence-corrected chi connectivity index (χ0v) is 19.0. The smallest absolute Gasteiger partial charge is 0.323 e. The fourth-order valence-electron chi connectivity index (χ4n) is 3.76. The van der Waals surface area contributed by atoms with E-state index in [-0.39, 0.29) is 23.6 Å². The number of aryl methyl sites for hydroxylation is 1. The third-order valence-corrected chi connectivity index (χ3v) is 7.06. The summed E-state index contributed by atoms with van der Waals surface area (Å²) in [7, 11) is -3.95. The molecule has 1 aliphatic heterocycles. The second-order valence-electron chi connectivity index (χ2n) is 7.62. The van der Waals surface area contributed by atoms with Gasteiger partial charge in [0.05, 0.1) is 22.9 Å². The van der Waals surface area contributed by atoms with Crippen LogP contribution in [0.4, 0.5) is 5.69 Å². The van der Waals surface area contributed by atoms with Crippen molar-refractivity contribution in [3.8, 4) is 0 Å². The highest BCUT2D eigenvalue weighted by atomic mass is 32.2. The average molecular weight is 475 g/mol. The molecule has 2 N–H and O–H groups in total. The lowest BCUT2D eigenvalue weighted by Crippen LogP contribution is -2.55. The van der Waals surface area contributed by atoms with Gasteiger partial charge in [0.2, 0.25) is 5.91 Å². The summed E-state index contributed by atoms with van der Waals surface area (Å²) in [6.45, 7) is 1.06. The van der Waals surface area contributed by atoms with Crippen LogP contribution in [0.15, 0.2) is 59.5 Å². The molecule has 0 spiro atoms. The van der Waals surface area contributed by atoms with Crippen LogP contribution in [0, 0.1) is 0 Å². The number of anilines is 1. The van der Waals surface area contributed by atoms with Crippen molar-refractivity contribution >= 4 is 33.4 Å². The van der Waals surface area contributed by atoms with Crippen LogP contribution in [0.5, 0.6) is 0 Å². The number of carbonyl (C=O) groups is 3. The molecule has 0 aliphatic carbocycles. The number of hydrogen-bond acceptors (Lipinski definition) is 7. The van der Waals surface area contributed by atoms with Crippen LogP contribution in [-0.2, 0) is 35.4 Å². The van der Waals surface area contributed by atoms with Gasteiger partial charge in [0, 0.05) is 0 Å². The van der Waals surface area contributed by atoms with Gasteiger partial charge in [-0.2, -0.15) is 0 Å². The number of nitrogens with zero attached hydrogens (tertiary/aromatic N) is 1. The van der Waals surface area contributed by atoms with Crippen LogP contribution < -0.4 is 10.2 Å². The van der Waals surface area contributed by atoms with Crippen LogP contribution in [0.1, 0.15) is 18.9 Å². The van der Waals surface area contributed by atoms with E-state index in [2.05, 4.69) is 5.32 Å². The van der Waals surface area contributed by atoms with E-state index in [1.807, 2.05) is 30.3 Å². The third-order valence-electron chi connectivity index (χ3n) is 5.27. The second kappa shape index (κ2) is 10.6. The summed E-state index contributed by atoms with van der Waals surface area (Å²) in [6, 6.07) is 12.9. The number of hydrogen-bond donors (Lipinski definition) is 2. The molecule has 33 heavy (non-hydrogen) atoms. The van der Waals surface area contributed by atoms with E-state index in [1.54, 1.807) is 6.92 Å². The zero-order valence-electron chi connectivity index (χ0n) is 18.1. The molecule has 0 aromatic heterocycles. The van der Waals surface area contributed by atoms with Crippen molar-refractivity contribution in [1.29, 1.82) is 0 Å². The normalized spacial score (nSPS) is 18.2. The van der Waals surface area contributed by atoms with Gasteiger partial charge in [0.15, 0.2) is 9.84 Å². The van der Waals surface area contributed by atoms with E-state index in [4.69, 9.17) is 4.74 Å². The quantitative estimate of drug-likeness (QED) is 0.522. The first-order chi connectivity index (χ1) is 15.7. The Labute approximate surface area is 192 Å². The Kier molecular flexibility index (Phi) is 7.83. The van der Waals surface area contributed by atoms with Crippen LogP contribution in [0.3, 0.4) is 0 Å². The summed E-state index contributed by atoms with van der Waals surface area (Å²) < 4.78 is 31.2. The molecule has 0 saturated heterocycles. The summed E-state index contributed by atoms with van der Waals surface area (Å²) in [6.07, 6.45) is 0.753.